The quantitative estimate of drug-likeness (QED) is 0.0222. The molecule has 0 aliphatic rings. The maximum atomic E-state index is 13.0. The number of hydrogen-bond donors (Lipinski definition) is 3. The topological polar surface area (TPSA) is 237 Å². The van der Waals surface area contributed by atoms with Crippen LogP contribution in [0.3, 0.4) is 0 Å². The number of unbranched alkanes of at least 4 members (excludes halogenated alkanes) is 43. The number of hydrogen-bond acceptors (Lipinski definition) is 15. The molecule has 0 spiro atoms. The highest BCUT2D eigenvalue weighted by Crippen LogP contribution is 2.45. The van der Waals surface area contributed by atoms with Gasteiger partial charge in [-0.2, -0.15) is 0 Å². The number of carbonyl (C=O) groups is 4. The minimum absolute atomic E-state index is 0.108. The molecule has 0 bridgehead atoms. The molecule has 0 radical (unpaired) electrons. The summed E-state index contributed by atoms with van der Waals surface area (Å²) >= 11 is 0. The molecule has 0 fully saturated rings. The Hall–Kier alpha value is -1.94. The number of phosphoric ester groups is 2. The van der Waals surface area contributed by atoms with Crippen LogP contribution in [0.25, 0.3) is 0 Å². The van der Waals surface area contributed by atoms with Gasteiger partial charge < -0.3 is 33.8 Å². The lowest BCUT2D eigenvalue weighted by Crippen LogP contribution is -2.30. The van der Waals surface area contributed by atoms with Crippen molar-refractivity contribution in [2.24, 2.45) is 5.92 Å². The Morgan fingerprint density at radius 2 is 0.511 bits per heavy atom. The van der Waals surface area contributed by atoms with Crippen LogP contribution in [-0.4, -0.2) is 96.7 Å². The third kappa shape index (κ3) is 64.8. The summed E-state index contributed by atoms with van der Waals surface area (Å²) in [6.07, 6.45) is 51.2. The molecule has 0 amide bonds. The van der Waals surface area contributed by atoms with E-state index in [1.165, 1.54) is 186 Å². The van der Waals surface area contributed by atoms with E-state index >= 15 is 0 Å². The van der Waals surface area contributed by atoms with Crippen LogP contribution in [0, 0.1) is 5.92 Å². The van der Waals surface area contributed by atoms with Crippen molar-refractivity contribution in [3.8, 4) is 0 Å². The van der Waals surface area contributed by atoms with Crippen LogP contribution in [0.15, 0.2) is 0 Å². The average Bonchev–Trinajstić information content (AvgIpc) is 3.73. The van der Waals surface area contributed by atoms with E-state index in [0.29, 0.717) is 25.7 Å². The predicted octanol–water partition coefficient (Wildman–Crippen LogP) is 20.5. The van der Waals surface area contributed by atoms with Crippen molar-refractivity contribution in [3.63, 3.8) is 0 Å². The molecule has 0 aliphatic carbocycles. The Labute approximate surface area is 549 Å². The summed E-state index contributed by atoms with van der Waals surface area (Å²) < 4.78 is 68.3. The van der Waals surface area contributed by atoms with Gasteiger partial charge in [0.2, 0.25) is 0 Å². The standard InChI is InChI=1S/C71H138O17P2/c1-6-9-12-15-18-21-23-25-26-28-32-37-42-47-52-57-71(76)88-67(61-82-69(74)55-50-45-40-35-33-29-30-34-38-43-48-53-64(4)5)63-86-90(79,80)84-59-65(72)58-83-89(77,78)85-62-66(60-81-68(73)54-49-44-39-20-17-14-11-8-3)87-70(75)56-51-46-41-36-31-27-24-22-19-16-13-10-7-2/h64-67,72H,6-63H2,1-5H3,(H,77,78)(H,79,80)/t65-,66+,67+/m0/s1. The van der Waals surface area contributed by atoms with Gasteiger partial charge in [-0.15, -0.1) is 0 Å². The normalized spacial score (nSPS) is 14.1. The highest BCUT2D eigenvalue weighted by atomic mass is 31.2. The lowest BCUT2D eigenvalue weighted by atomic mass is 10.0. The highest BCUT2D eigenvalue weighted by Gasteiger charge is 2.30. The SMILES string of the molecule is CCCCCCCCCCCCCCCCCC(=O)O[C@H](COC(=O)CCCCCCCCCCCCCC(C)C)COP(=O)(O)OC[C@@H](O)COP(=O)(O)OC[C@@H](COC(=O)CCCCCCCCCC)OC(=O)CCCCCCCCCCCCCCC. The second-order valence-corrected chi connectivity index (χ2v) is 29.0. The lowest BCUT2D eigenvalue weighted by molar-refractivity contribution is -0.161. The third-order valence-corrected chi connectivity index (χ3v) is 18.4. The number of rotatable bonds is 71. The van der Waals surface area contributed by atoms with Crippen LogP contribution in [0.1, 0.15) is 369 Å². The second-order valence-electron chi connectivity index (χ2n) is 26.1. The fourth-order valence-corrected chi connectivity index (χ4v) is 12.4. The van der Waals surface area contributed by atoms with Crippen molar-refractivity contribution >= 4 is 39.5 Å². The van der Waals surface area contributed by atoms with Crippen LogP contribution in [0.2, 0.25) is 0 Å². The Kier molecular flexibility index (Phi) is 63.0. The summed E-state index contributed by atoms with van der Waals surface area (Å²) in [5, 5.41) is 10.6. The predicted molar refractivity (Wildman–Crippen MR) is 363 cm³/mol. The second kappa shape index (κ2) is 64.4. The van der Waals surface area contributed by atoms with Gasteiger partial charge in [0, 0.05) is 25.7 Å². The van der Waals surface area contributed by atoms with Gasteiger partial charge in [0.15, 0.2) is 12.2 Å². The fourth-order valence-electron chi connectivity index (χ4n) is 10.8. The van der Waals surface area contributed by atoms with Gasteiger partial charge in [-0.1, -0.05) is 317 Å². The van der Waals surface area contributed by atoms with Gasteiger partial charge in [-0.3, -0.25) is 37.3 Å². The Bertz CT molecular complexity index is 1740. The summed E-state index contributed by atoms with van der Waals surface area (Å²) in [6.45, 7) is 7.24. The Balaban J connectivity index is 5.22. The van der Waals surface area contributed by atoms with Crippen LogP contribution in [-0.2, 0) is 65.4 Å². The van der Waals surface area contributed by atoms with E-state index in [1.807, 2.05) is 0 Å². The van der Waals surface area contributed by atoms with Gasteiger partial charge in [0.05, 0.1) is 26.4 Å². The Morgan fingerprint density at radius 3 is 0.756 bits per heavy atom. The van der Waals surface area contributed by atoms with E-state index in [0.717, 1.165) is 102 Å². The molecule has 19 heteroatoms. The van der Waals surface area contributed by atoms with Crippen molar-refractivity contribution in [1.29, 1.82) is 0 Å². The minimum atomic E-state index is -4.95. The molecular weight excluding hydrogens is 1190 g/mol. The van der Waals surface area contributed by atoms with E-state index in [4.69, 9.17) is 37.0 Å². The first-order valence-electron chi connectivity index (χ1n) is 37.1. The summed E-state index contributed by atoms with van der Waals surface area (Å²) in [4.78, 5) is 72.5. The van der Waals surface area contributed by atoms with Gasteiger partial charge in [0.25, 0.3) is 0 Å². The fraction of sp³-hybridized carbons (Fsp3) is 0.944. The largest absolute Gasteiger partial charge is 0.472 e. The molecule has 0 aromatic rings. The maximum Gasteiger partial charge on any atom is 0.472 e. The molecule has 3 N–H and O–H groups in total. The molecule has 90 heavy (non-hydrogen) atoms. The molecule has 17 nitrogen and oxygen atoms in total. The monoisotopic (exact) mass is 1320 g/mol. The van der Waals surface area contributed by atoms with Crippen LogP contribution in [0.5, 0.6) is 0 Å². The average molecular weight is 1330 g/mol. The van der Waals surface area contributed by atoms with Crippen molar-refractivity contribution in [1.82, 2.24) is 0 Å². The number of phosphoric acid groups is 2. The zero-order valence-corrected chi connectivity index (χ0v) is 60.1. The maximum absolute atomic E-state index is 13.0. The lowest BCUT2D eigenvalue weighted by Gasteiger charge is -2.21. The van der Waals surface area contributed by atoms with E-state index in [2.05, 4.69) is 34.6 Å². The van der Waals surface area contributed by atoms with E-state index < -0.39 is 97.5 Å². The summed E-state index contributed by atoms with van der Waals surface area (Å²) in [5.41, 5.74) is 0. The van der Waals surface area contributed by atoms with Crippen molar-refractivity contribution in [2.75, 3.05) is 39.6 Å². The third-order valence-electron chi connectivity index (χ3n) is 16.5. The molecule has 0 saturated heterocycles. The number of esters is 4. The molecular formula is C71H138O17P2. The number of aliphatic hydroxyl groups excluding tert-OH is 1. The summed E-state index contributed by atoms with van der Waals surface area (Å²) in [6, 6.07) is 0. The first kappa shape index (κ1) is 88.1. The van der Waals surface area contributed by atoms with Gasteiger partial charge in [0.1, 0.15) is 19.3 Å². The number of carbonyl (C=O) groups excluding carboxylic acids is 4. The molecule has 2 unspecified atom stereocenters. The number of ether oxygens (including phenoxy) is 4. The van der Waals surface area contributed by atoms with Crippen LogP contribution < -0.4 is 0 Å². The van der Waals surface area contributed by atoms with Crippen LogP contribution >= 0.6 is 15.6 Å². The first-order valence-corrected chi connectivity index (χ1v) is 40.1. The van der Waals surface area contributed by atoms with Gasteiger partial charge in [-0.05, 0) is 31.6 Å². The van der Waals surface area contributed by atoms with Crippen molar-refractivity contribution in [3.05, 3.63) is 0 Å². The zero-order valence-electron chi connectivity index (χ0n) is 58.3. The molecule has 0 aromatic carbocycles. The number of aliphatic hydroxyl groups is 1. The molecule has 534 valence electrons. The molecule has 0 heterocycles. The molecule has 0 saturated carbocycles. The van der Waals surface area contributed by atoms with E-state index in [-0.39, 0.29) is 25.7 Å². The van der Waals surface area contributed by atoms with Gasteiger partial charge >= 0.3 is 39.5 Å². The smallest absolute Gasteiger partial charge is 0.462 e. The van der Waals surface area contributed by atoms with E-state index in [1.54, 1.807) is 0 Å². The summed E-state index contributed by atoms with van der Waals surface area (Å²) in [5.74, 6) is -1.35. The molecule has 0 aliphatic heterocycles. The van der Waals surface area contributed by atoms with Gasteiger partial charge in [-0.25, -0.2) is 9.13 Å². The van der Waals surface area contributed by atoms with Crippen molar-refractivity contribution in [2.45, 2.75) is 387 Å². The first-order chi connectivity index (χ1) is 43.5. The summed E-state index contributed by atoms with van der Waals surface area (Å²) in [7, 11) is -9.90. The highest BCUT2D eigenvalue weighted by molar-refractivity contribution is 7.47. The van der Waals surface area contributed by atoms with Crippen LogP contribution in [0.4, 0.5) is 0 Å². The Morgan fingerprint density at radius 1 is 0.300 bits per heavy atom. The van der Waals surface area contributed by atoms with Crippen molar-refractivity contribution < 1.29 is 80.2 Å². The molecule has 5 atom stereocenters. The minimum Gasteiger partial charge on any atom is -0.462 e. The molecule has 0 rings (SSSR count). The molecule has 0 aromatic heterocycles. The zero-order chi connectivity index (χ0) is 66.3. The van der Waals surface area contributed by atoms with E-state index in [9.17, 15) is 43.2 Å².